The smallest absolute Gasteiger partial charge is 0.213 e. The van der Waals surface area contributed by atoms with Gasteiger partial charge in [0.05, 0.1) is 21.9 Å². The van der Waals surface area contributed by atoms with Crippen LogP contribution in [0.15, 0.2) is 223 Å². The zero-order valence-electron chi connectivity index (χ0n) is 32.1. The maximum atomic E-state index is 6.64. The molecule has 0 aliphatic heterocycles. The van der Waals surface area contributed by atoms with Gasteiger partial charge in [0, 0.05) is 38.5 Å². The van der Waals surface area contributed by atoms with Crippen molar-refractivity contribution in [3.05, 3.63) is 218 Å². The molecule has 0 fully saturated rings. The Hall–Kier alpha value is -7.88. The van der Waals surface area contributed by atoms with E-state index < -0.39 is 0 Å². The van der Waals surface area contributed by atoms with Gasteiger partial charge in [-0.1, -0.05) is 158 Å². The molecule has 9 aromatic carbocycles. The summed E-state index contributed by atoms with van der Waals surface area (Å²) in [4.78, 5) is 0. The van der Waals surface area contributed by atoms with Crippen molar-refractivity contribution in [1.82, 2.24) is 9.13 Å². The normalized spacial score (nSPS) is 11.7. The number of nitrogens with zero attached hydrogens (tertiary/aromatic N) is 2. The third-order valence-electron chi connectivity index (χ3n) is 11.9. The van der Waals surface area contributed by atoms with Crippen LogP contribution in [0.2, 0.25) is 0 Å². The van der Waals surface area contributed by atoms with Crippen molar-refractivity contribution < 1.29 is 4.42 Å². The molecule has 12 aromatic rings. The Bertz CT molecular complexity index is 3440. The minimum atomic E-state index is 0.863. The van der Waals surface area contributed by atoms with Crippen molar-refractivity contribution in [1.29, 1.82) is 0 Å². The third-order valence-corrected chi connectivity index (χ3v) is 11.9. The molecule has 0 atom stereocenters. The molecule has 0 saturated heterocycles. The van der Waals surface area contributed by atoms with Gasteiger partial charge in [0.15, 0.2) is 0 Å². The van der Waals surface area contributed by atoms with Crippen LogP contribution in [-0.2, 0) is 0 Å². The van der Waals surface area contributed by atoms with Gasteiger partial charge in [-0.15, -0.1) is 0 Å². The Labute approximate surface area is 341 Å². The Morgan fingerprint density at radius 3 is 1.51 bits per heavy atom. The van der Waals surface area contributed by atoms with Crippen molar-refractivity contribution in [2.45, 2.75) is 0 Å². The average Bonchev–Trinajstić information content (AvgIpc) is 3.96. The second-order valence-corrected chi connectivity index (χ2v) is 15.3. The fraction of sp³-hybridized carbons (Fsp3) is 0. The van der Waals surface area contributed by atoms with Gasteiger partial charge in [-0.3, -0.25) is 4.57 Å². The van der Waals surface area contributed by atoms with Crippen LogP contribution in [0.5, 0.6) is 0 Å². The summed E-state index contributed by atoms with van der Waals surface area (Å²) >= 11 is 0. The van der Waals surface area contributed by atoms with Crippen molar-refractivity contribution >= 4 is 54.8 Å². The first-order valence-electron chi connectivity index (χ1n) is 20.2. The van der Waals surface area contributed by atoms with Gasteiger partial charge in [0.2, 0.25) is 5.71 Å². The monoisotopic (exact) mass is 752 g/mol. The number of fused-ring (bicyclic) bond motifs is 8. The number of hydrogen-bond donors (Lipinski definition) is 0. The average molecular weight is 753 g/mol. The van der Waals surface area contributed by atoms with E-state index >= 15 is 0 Å². The summed E-state index contributed by atoms with van der Waals surface area (Å²) in [5, 5.41) is 5.92. The van der Waals surface area contributed by atoms with Crippen LogP contribution in [0.4, 0.5) is 0 Å². The highest BCUT2D eigenvalue weighted by Crippen LogP contribution is 2.43. The Morgan fingerprint density at radius 1 is 0.305 bits per heavy atom. The number of benzene rings is 9. The molecule has 0 unspecified atom stereocenters. The zero-order chi connectivity index (χ0) is 38.9. The molecule has 0 aliphatic rings. The SMILES string of the molecule is c1ccc(-c2ccc3c(c2)c2cc(-c4ccccc4)ccc2n3-c2cccc(-c3cccc(-c4cccc5c6c7ccccc7oc6n(-c6ccccc6)c45)c3)c2)cc1. The number of para-hydroxylation sites is 3. The van der Waals surface area contributed by atoms with E-state index in [4.69, 9.17) is 4.42 Å². The van der Waals surface area contributed by atoms with Crippen molar-refractivity contribution in [2.75, 3.05) is 0 Å². The highest BCUT2D eigenvalue weighted by Gasteiger charge is 2.22. The lowest BCUT2D eigenvalue weighted by Crippen LogP contribution is -1.95. The second-order valence-electron chi connectivity index (χ2n) is 15.3. The lowest BCUT2D eigenvalue weighted by Gasteiger charge is -2.13. The first kappa shape index (κ1) is 33.3. The van der Waals surface area contributed by atoms with Gasteiger partial charge >= 0.3 is 0 Å². The standard InChI is InChI=1S/C56H36N2O/c1-4-15-37(16-5-1)41-29-31-51-49(35-41)50-36-42(38-17-6-2-7-18-38)30-32-52(50)57(51)45-24-13-20-40(34-45)39-19-12-21-43(33-39)46-26-14-27-48-54-47-25-10-11-28-53(47)59-56(54)58(55(46)48)44-22-8-3-9-23-44/h1-36H. The van der Waals surface area contributed by atoms with Gasteiger partial charge in [0.1, 0.15) is 5.58 Å². The molecule has 0 amide bonds. The Kier molecular flexibility index (Phi) is 7.54. The Balaban J connectivity index is 1.02. The van der Waals surface area contributed by atoms with Crippen LogP contribution in [0.3, 0.4) is 0 Å². The van der Waals surface area contributed by atoms with Gasteiger partial charge < -0.3 is 8.98 Å². The van der Waals surface area contributed by atoms with Gasteiger partial charge in [-0.25, -0.2) is 0 Å². The lowest BCUT2D eigenvalue weighted by atomic mass is 9.97. The van der Waals surface area contributed by atoms with Crippen molar-refractivity contribution in [3.63, 3.8) is 0 Å². The summed E-state index contributed by atoms with van der Waals surface area (Å²) in [5.41, 5.74) is 16.9. The molecule has 12 rings (SSSR count). The van der Waals surface area contributed by atoms with Gasteiger partial charge in [-0.05, 0) is 99.6 Å². The maximum Gasteiger partial charge on any atom is 0.213 e. The minimum Gasteiger partial charge on any atom is -0.439 e. The van der Waals surface area contributed by atoms with E-state index in [0.29, 0.717) is 0 Å². The zero-order valence-corrected chi connectivity index (χ0v) is 32.1. The fourth-order valence-electron chi connectivity index (χ4n) is 9.21. The largest absolute Gasteiger partial charge is 0.439 e. The molecule has 0 saturated carbocycles. The highest BCUT2D eigenvalue weighted by molar-refractivity contribution is 6.22. The van der Waals surface area contributed by atoms with Crippen LogP contribution < -0.4 is 0 Å². The summed E-state index contributed by atoms with van der Waals surface area (Å²) in [5.74, 6) is 0. The molecular formula is C56H36N2O. The molecule has 3 heterocycles. The molecular weight excluding hydrogens is 717 g/mol. The summed E-state index contributed by atoms with van der Waals surface area (Å²) < 4.78 is 11.4. The fourth-order valence-corrected chi connectivity index (χ4v) is 9.21. The number of aromatic nitrogens is 2. The first-order valence-corrected chi connectivity index (χ1v) is 20.2. The molecule has 59 heavy (non-hydrogen) atoms. The maximum absolute atomic E-state index is 6.64. The Morgan fingerprint density at radius 2 is 0.814 bits per heavy atom. The molecule has 0 N–H and O–H groups in total. The molecule has 3 nitrogen and oxygen atoms in total. The van der Waals surface area contributed by atoms with Crippen LogP contribution in [-0.4, -0.2) is 9.13 Å². The van der Waals surface area contributed by atoms with E-state index in [-0.39, 0.29) is 0 Å². The molecule has 0 radical (unpaired) electrons. The number of hydrogen-bond acceptors (Lipinski definition) is 1. The van der Waals surface area contributed by atoms with E-state index in [9.17, 15) is 0 Å². The molecule has 0 bridgehead atoms. The summed E-state index contributed by atoms with van der Waals surface area (Å²) in [7, 11) is 0. The predicted molar refractivity (Wildman–Crippen MR) is 247 cm³/mol. The number of rotatable bonds is 6. The topological polar surface area (TPSA) is 23.0 Å². The molecule has 0 spiro atoms. The molecule has 3 heteroatoms. The van der Waals surface area contributed by atoms with Crippen molar-refractivity contribution in [2.24, 2.45) is 0 Å². The minimum absolute atomic E-state index is 0.863. The molecule has 3 aromatic heterocycles. The van der Waals surface area contributed by atoms with E-state index in [1.807, 2.05) is 6.07 Å². The quantitative estimate of drug-likeness (QED) is 0.166. The van der Waals surface area contributed by atoms with Crippen molar-refractivity contribution in [3.8, 4) is 55.9 Å². The lowest BCUT2D eigenvalue weighted by molar-refractivity contribution is 0.645. The van der Waals surface area contributed by atoms with E-state index in [1.165, 1.54) is 49.4 Å². The van der Waals surface area contributed by atoms with E-state index in [0.717, 1.165) is 61.2 Å². The van der Waals surface area contributed by atoms with Crippen LogP contribution in [0.25, 0.3) is 111 Å². The third kappa shape index (κ3) is 5.36. The first-order chi connectivity index (χ1) is 29.3. The summed E-state index contributed by atoms with van der Waals surface area (Å²) in [6.45, 7) is 0. The van der Waals surface area contributed by atoms with Crippen LogP contribution in [0, 0.1) is 0 Å². The van der Waals surface area contributed by atoms with E-state index in [1.54, 1.807) is 0 Å². The highest BCUT2D eigenvalue weighted by atomic mass is 16.3. The summed E-state index contributed by atoms with van der Waals surface area (Å²) in [6, 6.07) is 78.6. The predicted octanol–water partition coefficient (Wildman–Crippen LogP) is 15.3. The number of furan rings is 1. The van der Waals surface area contributed by atoms with Crippen LogP contribution >= 0.6 is 0 Å². The van der Waals surface area contributed by atoms with E-state index in [2.05, 4.69) is 221 Å². The second kappa shape index (κ2) is 13.4. The summed E-state index contributed by atoms with van der Waals surface area (Å²) in [6.07, 6.45) is 0. The molecule has 0 aliphatic carbocycles. The molecule has 276 valence electrons. The van der Waals surface area contributed by atoms with Gasteiger partial charge in [0.25, 0.3) is 0 Å². The van der Waals surface area contributed by atoms with Crippen LogP contribution in [0.1, 0.15) is 0 Å². The van der Waals surface area contributed by atoms with Gasteiger partial charge in [-0.2, -0.15) is 0 Å².